The third-order valence-corrected chi connectivity index (χ3v) is 4.16. The molecule has 0 fully saturated rings. The number of rotatable bonds is 1. The van der Waals surface area contributed by atoms with Gasteiger partial charge in [0.05, 0.1) is 0 Å². The van der Waals surface area contributed by atoms with Crippen LogP contribution in [0.1, 0.15) is 5.56 Å². The second-order valence-corrected chi connectivity index (χ2v) is 5.53. The number of carbonyl (C=O) groups excluding carboxylic acids is 1. The Balaban J connectivity index is 1.66. The maximum atomic E-state index is 12.5. The number of fused-ring (bicyclic) bond motifs is 2. The molecule has 1 N–H and O–H groups in total. The Kier molecular flexibility index (Phi) is 2.85. The van der Waals surface area contributed by atoms with Crippen LogP contribution in [0.15, 0.2) is 48.9 Å². The number of hydrogen-bond acceptors (Lipinski definition) is 2. The summed E-state index contributed by atoms with van der Waals surface area (Å²) in [6, 6.07) is 9.84. The molecule has 0 aliphatic carbocycles. The van der Waals surface area contributed by atoms with Crippen LogP contribution >= 0.6 is 0 Å². The van der Waals surface area contributed by atoms with E-state index >= 15 is 0 Å². The highest BCUT2D eigenvalue weighted by molar-refractivity contribution is 6.04. The van der Waals surface area contributed by atoms with Gasteiger partial charge < -0.3 is 9.88 Å². The first-order valence-corrected chi connectivity index (χ1v) is 7.29. The van der Waals surface area contributed by atoms with Crippen LogP contribution in [-0.4, -0.2) is 22.1 Å². The molecule has 5 nitrogen and oxygen atoms in total. The lowest BCUT2D eigenvalue weighted by molar-refractivity contribution is 0.257. The summed E-state index contributed by atoms with van der Waals surface area (Å²) in [6.07, 6.45) is 6.27. The van der Waals surface area contributed by atoms with E-state index in [9.17, 15) is 4.79 Å². The lowest BCUT2D eigenvalue weighted by Crippen LogP contribution is -2.33. The van der Waals surface area contributed by atoms with Crippen LogP contribution in [0, 0.1) is 0 Å². The van der Waals surface area contributed by atoms with E-state index < -0.39 is 0 Å². The average Bonchev–Trinajstić information content (AvgIpc) is 3.10. The van der Waals surface area contributed by atoms with Gasteiger partial charge in [-0.2, -0.15) is 0 Å². The van der Waals surface area contributed by atoms with Crippen molar-refractivity contribution in [3.8, 4) is 0 Å². The number of benzene rings is 1. The molecule has 110 valence electrons. The maximum Gasteiger partial charge on any atom is 0.326 e. The molecule has 2 aromatic heterocycles. The van der Waals surface area contributed by atoms with Gasteiger partial charge in [0.15, 0.2) is 0 Å². The number of hydrogen-bond donors (Lipinski definition) is 1. The molecule has 0 atom stereocenters. The first-order valence-electron chi connectivity index (χ1n) is 7.29. The Morgan fingerprint density at radius 1 is 1.23 bits per heavy atom. The standard InChI is InChI=1S/C17H16N4O/c1-20-8-4-12-11-16-13(10-15(12)20)5-9-21(16)17(22)19-14-2-6-18-7-3-14/h2-4,6-8,10-11H,5,9H2,1H3,(H,18,19,22). The van der Waals surface area contributed by atoms with Crippen molar-refractivity contribution in [3.63, 3.8) is 0 Å². The fourth-order valence-electron chi connectivity index (χ4n) is 2.99. The Morgan fingerprint density at radius 3 is 2.86 bits per heavy atom. The molecular weight excluding hydrogens is 276 g/mol. The summed E-state index contributed by atoms with van der Waals surface area (Å²) in [7, 11) is 2.04. The predicted octanol–water partition coefficient (Wildman–Crippen LogP) is 3.17. The van der Waals surface area contributed by atoms with E-state index in [0.29, 0.717) is 6.54 Å². The van der Waals surface area contributed by atoms with Gasteiger partial charge in [-0.1, -0.05) is 0 Å². The highest BCUT2D eigenvalue weighted by atomic mass is 16.2. The lowest BCUT2D eigenvalue weighted by atomic mass is 10.1. The van der Waals surface area contributed by atoms with Crippen LogP contribution in [-0.2, 0) is 13.5 Å². The molecule has 5 heteroatoms. The van der Waals surface area contributed by atoms with E-state index in [-0.39, 0.29) is 6.03 Å². The molecule has 4 rings (SSSR count). The lowest BCUT2D eigenvalue weighted by Gasteiger charge is -2.18. The largest absolute Gasteiger partial charge is 0.351 e. The molecule has 0 saturated heterocycles. The smallest absolute Gasteiger partial charge is 0.326 e. The van der Waals surface area contributed by atoms with Crippen molar-refractivity contribution in [2.45, 2.75) is 6.42 Å². The van der Waals surface area contributed by atoms with Gasteiger partial charge in [-0.3, -0.25) is 9.88 Å². The number of nitrogens with zero attached hydrogens (tertiary/aromatic N) is 3. The van der Waals surface area contributed by atoms with Gasteiger partial charge in [0.2, 0.25) is 0 Å². The van der Waals surface area contributed by atoms with E-state index in [0.717, 1.165) is 23.2 Å². The molecule has 0 radical (unpaired) electrons. The van der Waals surface area contributed by atoms with Gasteiger partial charge in [0.1, 0.15) is 0 Å². The van der Waals surface area contributed by atoms with Crippen LogP contribution in [0.3, 0.4) is 0 Å². The number of carbonyl (C=O) groups is 1. The van der Waals surface area contributed by atoms with Crippen molar-refractivity contribution in [1.82, 2.24) is 9.55 Å². The van der Waals surface area contributed by atoms with Gasteiger partial charge >= 0.3 is 6.03 Å². The van der Waals surface area contributed by atoms with Crippen LogP contribution in [0.2, 0.25) is 0 Å². The Hall–Kier alpha value is -2.82. The summed E-state index contributed by atoms with van der Waals surface area (Å²) in [5.41, 5.74) is 4.19. The monoisotopic (exact) mass is 292 g/mol. The van der Waals surface area contributed by atoms with Gasteiger partial charge in [-0.15, -0.1) is 0 Å². The molecular formula is C17H16N4O. The molecule has 2 amide bonds. The zero-order valence-electron chi connectivity index (χ0n) is 12.3. The topological polar surface area (TPSA) is 50.2 Å². The number of nitrogens with one attached hydrogen (secondary N) is 1. The number of anilines is 2. The fraction of sp³-hybridized carbons (Fsp3) is 0.176. The van der Waals surface area contributed by atoms with Crippen molar-refractivity contribution in [2.24, 2.45) is 7.05 Å². The number of aromatic nitrogens is 2. The molecule has 0 saturated carbocycles. The van der Waals surface area contributed by atoms with E-state index in [2.05, 4.69) is 33.1 Å². The van der Waals surface area contributed by atoms with Gasteiger partial charge in [0, 0.05) is 54.5 Å². The van der Waals surface area contributed by atoms with Crippen LogP contribution in [0.25, 0.3) is 10.9 Å². The number of urea groups is 1. The second kappa shape index (κ2) is 4.87. The van der Waals surface area contributed by atoms with E-state index in [1.165, 1.54) is 11.1 Å². The molecule has 1 aliphatic rings. The van der Waals surface area contributed by atoms with Gasteiger partial charge in [-0.05, 0) is 42.3 Å². The van der Waals surface area contributed by atoms with Gasteiger partial charge in [0.25, 0.3) is 0 Å². The van der Waals surface area contributed by atoms with Crippen molar-refractivity contribution in [2.75, 3.05) is 16.8 Å². The molecule has 0 bridgehead atoms. The SMILES string of the molecule is Cn1ccc2cc3c(cc21)CCN3C(=O)Nc1ccncc1. The van der Waals surface area contributed by atoms with Crippen LogP contribution in [0.4, 0.5) is 16.2 Å². The average molecular weight is 292 g/mol. The summed E-state index contributed by atoms with van der Waals surface area (Å²) in [5.74, 6) is 0. The summed E-state index contributed by atoms with van der Waals surface area (Å²) in [6.45, 7) is 0.711. The number of pyridine rings is 1. The highest BCUT2D eigenvalue weighted by Crippen LogP contribution is 2.33. The minimum absolute atomic E-state index is 0.0970. The van der Waals surface area contributed by atoms with Crippen LogP contribution in [0.5, 0.6) is 0 Å². The Bertz CT molecular complexity index is 854. The zero-order valence-corrected chi connectivity index (χ0v) is 12.3. The summed E-state index contributed by atoms with van der Waals surface area (Å²) >= 11 is 0. The summed E-state index contributed by atoms with van der Waals surface area (Å²) in [5, 5.41) is 4.08. The fourth-order valence-corrected chi connectivity index (χ4v) is 2.99. The minimum Gasteiger partial charge on any atom is -0.351 e. The molecule has 22 heavy (non-hydrogen) atoms. The number of amides is 2. The molecule has 1 aromatic carbocycles. The highest BCUT2D eigenvalue weighted by Gasteiger charge is 2.25. The summed E-state index contributed by atoms with van der Waals surface area (Å²) < 4.78 is 2.11. The first-order chi connectivity index (χ1) is 10.7. The molecule has 1 aliphatic heterocycles. The normalized spacial score (nSPS) is 13.4. The van der Waals surface area contributed by atoms with Crippen molar-refractivity contribution >= 4 is 28.3 Å². The van der Waals surface area contributed by atoms with E-state index in [4.69, 9.17) is 0 Å². The second-order valence-electron chi connectivity index (χ2n) is 5.53. The third-order valence-electron chi connectivity index (χ3n) is 4.16. The Labute approximate surface area is 128 Å². The molecule has 0 unspecified atom stereocenters. The molecule has 3 aromatic rings. The van der Waals surface area contributed by atoms with Gasteiger partial charge in [-0.25, -0.2) is 4.79 Å². The quantitative estimate of drug-likeness (QED) is 0.749. The van der Waals surface area contributed by atoms with E-state index in [1.54, 1.807) is 24.5 Å². The minimum atomic E-state index is -0.0970. The Morgan fingerprint density at radius 2 is 2.05 bits per heavy atom. The van der Waals surface area contributed by atoms with Crippen molar-refractivity contribution in [3.05, 3.63) is 54.5 Å². The van der Waals surface area contributed by atoms with Crippen LogP contribution < -0.4 is 10.2 Å². The third kappa shape index (κ3) is 2.02. The molecule has 3 heterocycles. The van der Waals surface area contributed by atoms with E-state index in [1.807, 2.05) is 18.1 Å². The summed E-state index contributed by atoms with van der Waals surface area (Å²) in [4.78, 5) is 18.3. The first kappa shape index (κ1) is 12.9. The molecule has 0 spiro atoms. The zero-order chi connectivity index (χ0) is 15.1. The predicted molar refractivity (Wildman–Crippen MR) is 87.2 cm³/mol. The van der Waals surface area contributed by atoms with Crippen molar-refractivity contribution < 1.29 is 4.79 Å². The maximum absolute atomic E-state index is 12.5. The van der Waals surface area contributed by atoms with Crippen molar-refractivity contribution in [1.29, 1.82) is 0 Å². The number of aryl methyl sites for hydroxylation is 1.